The number of carbonyl (C=O) groups is 5. The number of amides is 5. The van der Waals surface area contributed by atoms with Crippen LogP contribution in [0.5, 0.6) is 5.75 Å². The van der Waals surface area contributed by atoms with Gasteiger partial charge in [0.1, 0.15) is 17.6 Å². The molecule has 4 fully saturated rings. The second-order valence-corrected chi connectivity index (χ2v) is 21.7. The summed E-state index contributed by atoms with van der Waals surface area (Å²) in [7, 11) is 1.49. The summed E-state index contributed by atoms with van der Waals surface area (Å²) < 4.78 is 22.2. The van der Waals surface area contributed by atoms with E-state index in [4.69, 9.17) is 27.9 Å². The molecule has 4 heterocycles. The molecule has 4 aliphatic heterocycles. The van der Waals surface area contributed by atoms with Crippen molar-refractivity contribution in [3.63, 3.8) is 0 Å². The van der Waals surface area contributed by atoms with Gasteiger partial charge in [0.15, 0.2) is 0 Å². The molecule has 12 nitrogen and oxygen atoms in total. The van der Waals surface area contributed by atoms with Crippen molar-refractivity contribution in [3.05, 3.63) is 122 Å². The molecule has 15 heteroatoms. The number of anilines is 2. The van der Waals surface area contributed by atoms with E-state index >= 15 is 4.39 Å². The molecular formula is C54H55Cl2FN6O6. The van der Waals surface area contributed by atoms with Crippen molar-refractivity contribution >= 4 is 64.1 Å². The van der Waals surface area contributed by atoms with Crippen LogP contribution in [0.4, 0.5) is 15.8 Å². The first-order chi connectivity index (χ1) is 33.0. The predicted octanol–water partition coefficient (Wildman–Crippen LogP) is 8.49. The third-order valence-electron chi connectivity index (χ3n) is 15.5. The normalized spacial score (nSPS) is 27.8. The van der Waals surface area contributed by atoms with Crippen LogP contribution in [-0.2, 0) is 26.3 Å². The van der Waals surface area contributed by atoms with Gasteiger partial charge in [-0.2, -0.15) is 0 Å². The molecule has 2 saturated carbocycles. The lowest BCUT2D eigenvalue weighted by Crippen LogP contribution is -2.52. The van der Waals surface area contributed by atoms with Crippen LogP contribution in [0, 0.1) is 34.4 Å². The molecule has 0 bridgehead atoms. The minimum Gasteiger partial charge on any atom is -0.495 e. The number of nitrogens with zero attached hydrogens (tertiary/aromatic N) is 1. The highest BCUT2D eigenvalue weighted by atomic mass is 35.5. The van der Waals surface area contributed by atoms with Crippen LogP contribution in [0.3, 0.4) is 0 Å². The van der Waals surface area contributed by atoms with Gasteiger partial charge in [-0.1, -0.05) is 92.9 Å². The van der Waals surface area contributed by atoms with Crippen LogP contribution in [0.25, 0.3) is 0 Å². The Bertz CT molecular complexity index is 2890. The number of piperidine rings is 1. The molecule has 358 valence electrons. The van der Waals surface area contributed by atoms with Crippen molar-refractivity contribution in [1.29, 1.82) is 0 Å². The number of imide groups is 1. The van der Waals surface area contributed by atoms with Crippen molar-refractivity contribution in [1.82, 2.24) is 20.9 Å². The van der Waals surface area contributed by atoms with E-state index in [0.29, 0.717) is 46.1 Å². The number of hydrogen-bond donors (Lipinski definition) is 5. The summed E-state index contributed by atoms with van der Waals surface area (Å²) in [4.78, 5) is 68.3. The minimum absolute atomic E-state index is 0.0291. The van der Waals surface area contributed by atoms with Crippen LogP contribution in [0.2, 0.25) is 10.0 Å². The maximum atomic E-state index is 16.4. The van der Waals surface area contributed by atoms with Gasteiger partial charge in [-0.05, 0) is 103 Å². The van der Waals surface area contributed by atoms with E-state index in [-0.39, 0.29) is 71.0 Å². The van der Waals surface area contributed by atoms with E-state index in [0.717, 1.165) is 54.5 Å². The first kappa shape index (κ1) is 46.8. The molecule has 5 amide bonds. The van der Waals surface area contributed by atoms with Crippen LogP contribution in [-0.4, -0.2) is 72.3 Å². The van der Waals surface area contributed by atoms with Crippen LogP contribution in [0.15, 0.2) is 72.8 Å². The van der Waals surface area contributed by atoms with Crippen molar-refractivity contribution in [2.45, 2.75) is 114 Å². The summed E-state index contributed by atoms with van der Waals surface area (Å²) in [5.41, 5.74) is 3.76. The van der Waals surface area contributed by atoms with Gasteiger partial charge in [0.25, 0.3) is 11.8 Å². The fourth-order valence-corrected chi connectivity index (χ4v) is 12.5. The van der Waals surface area contributed by atoms with Gasteiger partial charge in [0.2, 0.25) is 17.7 Å². The van der Waals surface area contributed by atoms with E-state index in [1.165, 1.54) is 18.1 Å². The molecule has 6 aliphatic rings. The Morgan fingerprint density at radius 1 is 1.00 bits per heavy atom. The molecule has 4 aromatic carbocycles. The molecule has 2 saturated heterocycles. The summed E-state index contributed by atoms with van der Waals surface area (Å²) in [6.07, 6.45) is 5.69. The third kappa shape index (κ3) is 8.32. The predicted molar refractivity (Wildman–Crippen MR) is 262 cm³/mol. The van der Waals surface area contributed by atoms with E-state index in [1.54, 1.807) is 42.5 Å². The Kier molecular flexibility index (Phi) is 12.1. The van der Waals surface area contributed by atoms with Gasteiger partial charge in [-0.25, -0.2) is 4.39 Å². The summed E-state index contributed by atoms with van der Waals surface area (Å²) in [6.45, 7) is 7.12. The van der Waals surface area contributed by atoms with E-state index < -0.39 is 41.0 Å². The number of hydrogen-bond acceptors (Lipinski definition) is 8. The van der Waals surface area contributed by atoms with Crippen molar-refractivity contribution < 1.29 is 33.1 Å². The molecule has 8 atom stereocenters. The molecule has 4 aromatic rings. The smallest absolute Gasteiger partial charge is 0.255 e. The molecule has 2 aliphatic carbocycles. The van der Waals surface area contributed by atoms with Crippen LogP contribution >= 0.6 is 23.2 Å². The largest absolute Gasteiger partial charge is 0.495 e. The van der Waals surface area contributed by atoms with Gasteiger partial charge >= 0.3 is 0 Å². The molecule has 1 unspecified atom stereocenters. The highest BCUT2D eigenvalue weighted by Gasteiger charge is 2.62. The fourth-order valence-electron chi connectivity index (χ4n) is 12.2. The monoisotopic (exact) mass is 972 g/mol. The van der Waals surface area contributed by atoms with Crippen molar-refractivity contribution in [2.75, 3.05) is 24.3 Å². The standard InChI is InChI=1S/C54H55Cl2FN6O6/c1-52(2,3)26-43-54(28-58-39-24-32(55)17-18-36(39)54)45(34-11-8-12-37(56)46(34)57)47(60-43)50(67)59-38-19-15-30(23-41(38)69-4)48(65)61-42-13-5-6-22-53(42)25-31(53)16-14-29-9-7-10-33-35(29)27-63(51(33)68)40-20-21-44(64)62-49(40)66/h7-12,15,17-19,23-24,31,40,42-43,45,47,58,60H,5-6,13,20-22,25-28H2,1-4H3,(H,59,67)(H,61,65)(H,62,64,66)/t31-,40?,42+,43+,45+,47-,53-,54+/m1/s1. The number of benzene rings is 4. The Morgan fingerprint density at radius 3 is 2.59 bits per heavy atom. The summed E-state index contributed by atoms with van der Waals surface area (Å²) >= 11 is 12.9. The average Bonchev–Trinajstić information content (AvgIpc) is 3.52. The van der Waals surface area contributed by atoms with Gasteiger partial charge in [-0.15, -0.1) is 0 Å². The molecular weight excluding hydrogens is 919 g/mol. The molecule has 2 spiro atoms. The maximum absolute atomic E-state index is 16.4. The van der Waals surface area contributed by atoms with Crippen LogP contribution < -0.4 is 31.3 Å². The van der Waals surface area contributed by atoms with E-state index in [2.05, 4.69) is 59.2 Å². The maximum Gasteiger partial charge on any atom is 0.255 e. The number of ether oxygens (including phenoxy) is 1. The zero-order valence-electron chi connectivity index (χ0n) is 39.0. The molecule has 69 heavy (non-hydrogen) atoms. The number of nitrogens with one attached hydrogen (secondary N) is 5. The molecule has 5 N–H and O–H groups in total. The lowest BCUT2D eigenvalue weighted by molar-refractivity contribution is -0.137. The number of halogens is 3. The molecule has 10 rings (SSSR count). The molecule has 0 radical (unpaired) electrons. The number of fused-ring (bicyclic) bond motifs is 3. The van der Waals surface area contributed by atoms with E-state index in [9.17, 15) is 24.0 Å². The highest BCUT2D eigenvalue weighted by Crippen LogP contribution is 2.61. The lowest BCUT2D eigenvalue weighted by Gasteiger charge is -2.39. The quantitative estimate of drug-likeness (QED) is 0.0870. The van der Waals surface area contributed by atoms with E-state index in [1.807, 2.05) is 24.3 Å². The second kappa shape index (κ2) is 17.8. The van der Waals surface area contributed by atoms with Gasteiger partial charge in [0.05, 0.1) is 23.9 Å². The second-order valence-electron chi connectivity index (χ2n) is 20.8. The SMILES string of the molecule is COc1cc(C(=O)N[C@H]2CCCC[C@]23C[C@H]3C#Cc2cccc3c2CN(C2CCC(=O)NC2=O)C3=O)ccc1NC(=O)[C@@H]1N[C@@H](CC(C)(C)C)[C@@]2(CNc3cc(Cl)ccc32)[C@H]1c1cccc(Cl)c1F. The zero-order chi connectivity index (χ0) is 48.6. The zero-order valence-corrected chi connectivity index (χ0v) is 40.5. The lowest BCUT2D eigenvalue weighted by atomic mass is 9.63. The number of methoxy groups -OCH3 is 1. The number of rotatable bonds is 8. The van der Waals surface area contributed by atoms with Crippen molar-refractivity contribution in [3.8, 4) is 17.6 Å². The van der Waals surface area contributed by atoms with Crippen LogP contribution in [0.1, 0.15) is 121 Å². The summed E-state index contributed by atoms with van der Waals surface area (Å²) in [5.74, 6) is 4.25. The highest BCUT2D eigenvalue weighted by molar-refractivity contribution is 6.31. The third-order valence-corrected chi connectivity index (χ3v) is 16.1. The molecule has 0 aromatic heterocycles. The fraction of sp³-hybridized carbons (Fsp3) is 0.426. The Morgan fingerprint density at radius 2 is 1.81 bits per heavy atom. The van der Waals surface area contributed by atoms with Gasteiger partial charge in [-0.3, -0.25) is 29.3 Å². The minimum atomic E-state index is -0.906. The Labute approximate surface area is 411 Å². The Hall–Kier alpha value is -5.94. The Balaban J connectivity index is 0.869. The van der Waals surface area contributed by atoms with Gasteiger partial charge < -0.3 is 30.9 Å². The summed E-state index contributed by atoms with van der Waals surface area (Å²) in [6, 6.07) is 19.0. The first-order valence-electron chi connectivity index (χ1n) is 23.8. The summed E-state index contributed by atoms with van der Waals surface area (Å²) in [5, 5.41) is 16.5. The van der Waals surface area contributed by atoms with Crippen molar-refractivity contribution in [2.24, 2.45) is 16.7 Å². The van der Waals surface area contributed by atoms with Gasteiger partial charge in [0, 0.05) is 81.7 Å². The number of carbonyl (C=O) groups excluding carboxylic acids is 5. The first-order valence-corrected chi connectivity index (χ1v) is 24.6. The average molecular weight is 974 g/mol. The topological polar surface area (TPSA) is 158 Å².